The van der Waals surface area contributed by atoms with E-state index in [1.54, 1.807) is 6.07 Å². The maximum atomic E-state index is 12.6. The summed E-state index contributed by atoms with van der Waals surface area (Å²) in [6.45, 7) is 2.76. The molecule has 1 aliphatic heterocycles. The quantitative estimate of drug-likeness (QED) is 0.501. The Bertz CT molecular complexity index is 947. The molecule has 1 fully saturated rings. The molecule has 10 heteroatoms. The van der Waals surface area contributed by atoms with Gasteiger partial charge in [0.1, 0.15) is 0 Å². The van der Waals surface area contributed by atoms with Gasteiger partial charge in [-0.2, -0.15) is 0 Å². The Morgan fingerprint density at radius 1 is 1.17 bits per heavy atom. The molecule has 8 nitrogen and oxygen atoms in total. The predicted octanol–water partition coefficient (Wildman–Crippen LogP) is 2.74. The van der Waals surface area contributed by atoms with Gasteiger partial charge in [0.05, 0.1) is 23.9 Å². The van der Waals surface area contributed by atoms with Gasteiger partial charge in [0, 0.05) is 42.8 Å². The SMILES string of the molecule is O=[N+]([O-])c1ccc(CS(=O)(=O)NCC(c2cccc(Cl)c2)N2CCOCC2)cc1. The number of hydrogen-bond acceptors (Lipinski definition) is 6. The molecule has 1 atom stereocenters. The third kappa shape index (κ3) is 6.22. The number of hydrogen-bond donors (Lipinski definition) is 1. The van der Waals surface area contributed by atoms with Gasteiger partial charge in [0.2, 0.25) is 10.0 Å². The van der Waals surface area contributed by atoms with Crippen LogP contribution in [0.15, 0.2) is 48.5 Å². The maximum Gasteiger partial charge on any atom is 0.269 e. The molecule has 1 saturated heterocycles. The summed E-state index contributed by atoms with van der Waals surface area (Å²) in [4.78, 5) is 12.4. The molecule has 0 bridgehead atoms. The number of nitro benzene ring substituents is 1. The van der Waals surface area contributed by atoms with Gasteiger partial charge in [-0.3, -0.25) is 15.0 Å². The van der Waals surface area contributed by atoms with Crippen molar-refractivity contribution in [3.8, 4) is 0 Å². The summed E-state index contributed by atoms with van der Waals surface area (Å²) in [5.74, 6) is -0.254. The first-order valence-corrected chi connectivity index (χ1v) is 11.1. The summed E-state index contributed by atoms with van der Waals surface area (Å²) < 4.78 is 33.3. The molecular weight excluding hydrogens is 418 g/mol. The molecule has 1 N–H and O–H groups in total. The molecule has 2 aromatic rings. The molecule has 0 spiro atoms. The highest BCUT2D eigenvalue weighted by Gasteiger charge is 2.25. The van der Waals surface area contributed by atoms with Crippen LogP contribution in [0.25, 0.3) is 0 Å². The second-order valence-electron chi connectivity index (χ2n) is 6.75. The Morgan fingerprint density at radius 3 is 2.48 bits per heavy atom. The van der Waals surface area contributed by atoms with E-state index in [1.165, 1.54) is 24.3 Å². The number of nitrogens with one attached hydrogen (secondary N) is 1. The summed E-state index contributed by atoms with van der Waals surface area (Å²) >= 11 is 6.13. The Balaban J connectivity index is 1.71. The van der Waals surface area contributed by atoms with Crippen molar-refractivity contribution in [3.63, 3.8) is 0 Å². The summed E-state index contributed by atoms with van der Waals surface area (Å²) in [5.41, 5.74) is 1.33. The number of nitrogens with zero attached hydrogens (tertiary/aromatic N) is 2. The fraction of sp³-hybridized carbons (Fsp3) is 0.368. The normalized spacial score (nSPS) is 16.4. The maximum absolute atomic E-state index is 12.6. The first-order chi connectivity index (χ1) is 13.8. The van der Waals surface area contributed by atoms with Gasteiger partial charge in [0.15, 0.2) is 0 Å². The van der Waals surface area contributed by atoms with Crippen LogP contribution in [-0.4, -0.2) is 51.1 Å². The Labute approximate surface area is 174 Å². The van der Waals surface area contributed by atoms with Gasteiger partial charge in [-0.1, -0.05) is 35.9 Å². The second kappa shape index (κ2) is 9.64. The van der Waals surface area contributed by atoms with Gasteiger partial charge in [0.25, 0.3) is 5.69 Å². The van der Waals surface area contributed by atoms with Gasteiger partial charge < -0.3 is 4.74 Å². The number of morpholine rings is 1. The molecular formula is C19H22ClN3O5S. The summed E-state index contributed by atoms with van der Waals surface area (Å²) in [5, 5.41) is 11.3. The van der Waals surface area contributed by atoms with E-state index >= 15 is 0 Å². The van der Waals surface area contributed by atoms with Crippen molar-refractivity contribution < 1.29 is 18.1 Å². The molecule has 0 radical (unpaired) electrons. The molecule has 1 heterocycles. The first-order valence-electron chi connectivity index (χ1n) is 9.12. The number of ether oxygens (including phenoxy) is 1. The standard InChI is InChI=1S/C19H22ClN3O5S/c20-17-3-1-2-16(12-17)19(22-8-10-28-11-9-22)13-21-29(26,27)14-15-4-6-18(7-5-15)23(24)25/h1-7,12,19,21H,8-11,13-14H2. The van der Waals surface area contributed by atoms with Crippen LogP contribution < -0.4 is 4.72 Å². The lowest BCUT2D eigenvalue weighted by molar-refractivity contribution is -0.384. The van der Waals surface area contributed by atoms with Crippen LogP contribution in [0, 0.1) is 10.1 Å². The van der Waals surface area contributed by atoms with Crippen LogP contribution in [0.4, 0.5) is 5.69 Å². The summed E-state index contributed by atoms with van der Waals surface area (Å²) in [6, 6.07) is 12.7. The monoisotopic (exact) mass is 439 g/mol. The zero-order chi connectivity index (χ0) is 20.9. The van der Waals surface area contributed by atoms with Gasteiger partial charge >= 0.3 is 0 Å². The number of nitro groups is 1. The molecule has 0 aromatic heterocycles. The third-order valence-corrected chi connectivity index (χ3v) is 6.28. The van der Waals surface area contributed by atoms with Crippen molar-refractivity contribution in [2.75, 3.05) is 32.8 Å². The average molecular weight is 440 g/mol. The number of sulfonamides is 1. The van der Waals surface area contributed by atoms with Crippen LogP contribution in [0.2, 0.25) is 5.02 Å². The van der Waals surface area contributed by atoms with Crippen LogP contribution >= 0.6 is 11.6 Å². The van der Waals surface area contributed by atoms with Crippen LogP contribution in [0.3, 0.4) is 0 Å². The lowest BCUT2D eigenvalue weighted by atomic mass is 10.1. The minimum Gasteiger partial charge on any atom is -0.379 e. The Kier molecular flexibility index (Phi) is 7.20. The minimum absolute atomic E-state index is 0.0764. The lowest BCUT2D eigenvalue weighted by Gasteiger charge is -2.35. The van der Waals surface area contributed by atoms with E-state index < -0.39 is 14.9 Å². The molecule has 0 saturated carbocycles. The van der Waals surface area contributed by atoms with E-state index in [0.29, 0.717) is 36.9 Å². The molecule has 3 rings (SSSR count). The van der Waals surface area contributed by atoms with E-state index in [2.05, 4.69) is 9.62 Å². The highest BCUT2D eigenvalue weighted by Crippen LogP contribution is 2.24. The number of rotatable bonds is 8. The van der Waals surface area contributed by atoms with Gasteiger partial charge in [-0.25, -0.2) is 13.1 Å². The largest absolute Gasteiger partial charge is 0.379 e. The van der Waals surface area contributed by atoms with E-state index in [-0.39, 0.29) is 24.0 Å². The highest BCUT2D eigenvalue weighted by atomic mass is 35.5. The van der Waals surface area contributed by atoms with E-state index in [1.807, 2.05) is 18.2 Å². The smallest absolute Gasteiger partial charge is 0.269 e. The number of benzene rings is 2. The molecule has 29 heavy (non-hydrogen) atoms. The average Bonchev–Trinajstić information content (AvgIpc) is 2.69. The van der Waals surface area contributed by atoms with Crippen molar-refractivity contribution in [2.24, 2.45) is 0 Å². The van der Waals surface area contributed by atoms with Crippen LogP contribution in [-0.2, 0) is 20.5 Å². The van der Waals surface area contributed by atoms with Crippen molar-refractivity contribution >= 4 is 27.3 Å². The van der Waals surface area contributed by atoms with E-state index in [9.17, 15) is 18.5 Å². The predicted molar refractivity (Wildman–Crippen MR) is 110 cm³/mol. The number of halogens is 1. The fourth-order valence-corrected chi connectivity index (χ4v) is 4.59. The van der Waals surface area contributed by atoms with Crippen molar-refractivity contribution in [2.45, 2.75) is 11.8 Å². The second-order valence-corrected chi connectivity index (χ2v) is 8.99. The third-order valence-electron chi connectivity index (χ3n) is 4.72. The van der Waals surface area contributed by atoms with Crippen molar-refractivity contribution in [3.05, 3.63) is 74.8 Å². The zero-order valence-electron chi connectivity index (χ0n) is 15.7. The van der Waals surface area contributed by atoms with Gasteiger partial charge in [-0.05, 0) is 23.3 Å². The molecule has 0 aliphatic carbocycles. The summed E-state index contributed by atoms with van der Waals surface area (Å²) in [6.07, 6.45) is 0. The van der Waals surface area contributed by atoms with Gasteiger partial charge in [-0.15, -0.1) is 0 Å². The van der Waals surface area contributed by atoms with Crippen molar-refractivity contribution in [1.29, 1.82) is 0 Å². The van der Waals surface area contributed by atoms with E-state index in [0.717, 1.165) is 5.56 Å². The zero-order valence-corrected chi connectivity index (χ0v) is 17.2. The van der Waals surface area contributed by atoms with E-state index in [4.69, 9.17) is 16.3 Å². The molecule has 0 amide bonds. The molecule has 156 valence electrons. The topological polar surface area (TPSA) is 102 Å². The molecule has 1 aliphatic rings. The number of non-ortho nitro benzene ring substituents is 1. The Hall–Kier alpha value is -2.04. The van der Waals surface area contributed by atoms with Crippen LogP contribution in [0.1, 0.15) is 17.2 Å². The Morgan fingerprint density at radius 2 is 1.86 bits per heavy atom. The fourth-order valence-electron chi connectivity index (χ4n) is 3.25. The molecule has 1 unspecified atom stereocenters. The minimum atomic E-state index is -3.63. The first kappa shape index (κ1) is 21.7. The molecule has 2 aromatic carbocycles. The highest BCUT2D eigenvalue weighted by molar-refractivity contribution is 7.88. The lowest BCUT2D eigenvalue weighted by Crippen LogP contribution is -2.44. The van der Waals surface area contributed by atoms with Crippen molar-refractivity contribution in [1.82, 2.24) is 9.62 Å². The summed E-state index contributed by atoms with van der Waals surface area (Å²) in [7, 11) is -3.63. The van der Waals surface area contributed by atoms with Crippen LogP contribution in [0.5, 0.6) is 0 Å².